The molecular weight excluding hydrogens is 328 g/mol. The first-order chi connectivity index (χ1) is 9.90. The lowest BCUT2D eigenvalue weighted by Gasteiger charge is -2.01. The quantitative estimate of drug-likeness (QED) is 0.840. The maximum Gasteiger partial charge on any atom is 0.261 e. The second-order valence-corrected chi connectivity index (χ2v) is 8.52. The van der Waals surface area contributed by atoms with E-state index in [1.54, 1.807) is 6.07 Å². The van der Waals surface area contributed by atoms with Crippen LogP contribution in [0.25, 0.3) is 0 Å². The van der Waals surface area contributed by atoms with Crippen molar-refractivity contribution in [3.63, 3.8) is 0 Å². The van der Waals surface area contributed by atoms with Crippen molar-refractivity contribution in [1.82, 2.24) is 5.32 Å². The molecule has 8 heteroatoms. The fraction of sp³-hybridized carbons (Fsp3) is 0.308. The Morgan fingerprint density at radius 3 is 2.48 bits per heavy atom. The number of aryl methyl sites for hydroxylation is 1. The molecule has 2 rings (SSSR count). The summed E-state index contributed by atoms with van der Waals surface area (Å²) in [4.78, 5) is 14.7. The van der Waals surface area contributed by atoms with Crippen molar-refractivity contribution in [2.75, 3.05) is 6.54 Å². The van der Waals surface area contributed by atoms with Crippen molar-refractivity contribution < 1.29 is 13.2 Å². The zero-order valence-corrected chi connectivity index (χ0v) is 13.9. The highest BCUT2D eigenvalue weighted by Crippen LogP contribution is 2.20. The monoisotopic (exact) mass is 344 g/mol. The van der Waals surface area contributed by atoms with Crippen molar-refractivity contribution >= 4 is 38.6 Å². The average molecular weight is 344 g/mol. The van der Waals surface area contributed by atoms with Gasteiger partial charge in [0.1, 0.15) is 4.21 Å². The van der Waals surface area contributed by atoms with Crippen LogP contribution < -0.4 is 10.5 Å². The lowest BCUT2D eigenvalue weighted by molar-refractivity contribution is 0.0958. The molecule has 0 atom stereocenters. The maximum atomic E-state index is 11.9. The summed E-state index contributed by atoms with van der Waals surface area (Å²) in [5.74, 6) is -0.0945. The van der Waals surface area contributed by atoms with Crippen molar-refractivity contribution in [2.45, 2.75) is 24.0 Å². The van der Waals surface area contributed by atoms with Crippen LogP contribution in [0.4, 0.5) is 0 Å². The van der Waals surface area contributed by atoms with Crippen LogP contribution in [-0.2, 0) is 22.9 Å². The molecule has 0 unspecified atom stereocenters. The van der Waals surface area contributed by atoms with E-state index in [2.05, 4.69) is 5.32 Å². The van der Waals surface area contributed by atoms with Crippen molar-refractivity contribution in [1.29, 1.82) is 0 Å². The molecule has 0 aliphatic rings. The minimum Gasteiger partial charge on any atom is -0.351 e. The molecule has 0 aliphatic heterocycles. The van der Waals surface area contributed by atoms with E-state index in [4.69, 9.17) is 5.14 Å². The van der Waals surface area contributed by atoms with Crippen LogP contribution in [0.2, 0.25) is 0 Å². The van der Waals surface area contributed by atoms with Gasteiger partial charge in [-0.15, -0.1) is 22.7 Å². The van der Waals surface area contributed by atoms with Crippen LogP contribution >= 0.6 is 22.7 Å². The van der Waals surface area contributed by atoms with Gasteiger partial charge in [0.2, 0.25) is 10.0 Å². The van der Waals surface area contributed by atoms with E-state index < -0.39 is 10.0 Å². The topological polar surface area (TPSA) is 89.3 Å². The Hall–Kier alpha value is -1.22. The molecule has 0 aromatic carbocycles. The zero-order chi connectivity index (χ0) is 15.5. The smallest absolute Gasteiger partial charge is 0.261 e. The third-order valence-electron chi connectivity index (χ3n) is 2.81. The fourth-order valence-electron chi connectivity index (χ4n) is 1.72. The van der Waals surface area contributed by atoms with E-state index in [0.717, 1.165) is 22.6 Å². The first kappa shape index (κ1) is 16.2. The Kier molecular flexibility index (Phi) is 5.15. The molecule has 0 radical (unpaired) electrons. The summed E-state index contributed by atoms with van der Waals surface area (Å²) in [7, 11) is -3.63. The average Bonchev–Trinajstić information content (AvgIpc) is 3.06. The predicted molar refractivity (Wildman–Crippen MR) is 85.4 cm³/mol. The molecule has 114 valence electrons. The highest BCUT2D eigenvalue weighted by atomic mass is 32.2. The fourth-order valence-corrected chi connectivity index (χ4v) is 4.36. The van der Waals surface area contributed by atoms with Gasteiger partial charge in [-0.1, -0.05) is 6.92 Å². The van der Waals surface area contributed by atoms with Crippen LogP contribution in [0, 0.1) is 0 Å². The van der Waals surface area contributed by atoms with Crippen molar-refractivity contribution in [2.24, 2.45) is 5.14 Å². The Morgan fingerprint density at radius 1 is 1.19 bits per heavy atom. The Balaban J connectivity index is 1.86. The van der Waals surface area contributed by atoms with E-state index in [0.29, 0.717) is 17.8 Å². The second-order valence-electron chi connectivity index (χ2n) is 4.39. The van der Waals surface area contributed by atoms with Gasteiger partial charge in [-0.2, -0.15) is 0 Å². The lowest BCUT2D eigenvalue weighted by Crippen LogP contribution is -2.24. The van der Waals surface area contributed by atoms with Gasteiger partial charge in [-0.25, -0.2) is 13.6 Å². The van der Waals surface area contributed by atoms with Crippen LogP contribution in [-0.4, -0.2) is 20.9 Å². The van der Waals surface area contributed by atoms with Gasteiger partial charge in [0, 0.05) is 16.3 Å². The first-order valence-corrected chi connectivity index (χ1v) is 9.56. The van der Waals surface area contributed by atoms with Crippen LogP contribution in [0.1, 0.15) is 26.3 Å². The molecule has 3 N–H and O–H groups in total. The normalized spacial score (nSPS) is 11.5. The summed E-state index contributed by atoms with van der Waals surface area (Å²) < 4.78 is 22.5. The summed E-state index contributed by atoms with van der Waals surface area (Å²) in [6.07, 6.45) is 1.50. The number of hydrogen-bond acceptors (Lipinski definition) is 5. The van der Waals surface area contributed by atoms with Gasteiger partial charge >= 0.3 is 0 Å². The summed E-state index contributed by atoms with van der Waals surface area (Å²) in [5, 5.41) is 7.88. The molecule has 0 saturated carbocycles. The standard InChI is InChI=1S/C13H16N2O3S3/c1-2-9-3-5-11(19-9)13(16)15-8-7-10-4-6-12(20-10)21(14,17)18/h3-6H,2,7-8H2,1H3,(H,15,16)(H2,14,17,18). The summed E-state index contributed by atoms with van der Waals surface area (Å²) >= 11 is 2.62. The van der Waals surface area contributed by atoms with Gasteiger partial charge in [0.15, 0.2) is 0 Å². The van der Waals surface area contributed by atoms with Gasteiger partial charge in [0.25, 0.3) is 5.91 Å². The maximum absolute atomic E-state index is 11.9. The van der Waals surface area contributed by atoms with E-state index in [-0.39, 0.29) is 10.1 Å². The zero-order valence-electron chi connectivity index (χ0n) is 11.5. The number of amides is 1. The van der Waals surface area contributed by atoms with E-state index >= 15 is 0 Å². The third kappa shape index (κ3) is 4.37. The molecule has 1 amide bonds. The molecule has 0 saturated heterocycles. The minimum atomic E-state index is -3.63. The molecule has 0 spiro atoms. The highest BCUT2D eigenvalue weighted by molar-refractivity contribution is 7.91. The minimum absolute atomic E-state index is 0.0945. The second kappa shape index (κ2) is 6.69. The molecule has 21 heavy (non-hydrogen) atoms. The Morgan fingerprint density at radius 2 is 1.90 bits per heavy atom. The predicted octanol–water partition coefficient (Wildman–Crippen LogP) is 1.99. The lowest BCUT2D eigenvalue weighted by atomic mass is 10.3. The number of nitrogens with one attached hydrogen (secondary N) is 1. The number of carbonyl (C=O) groups excluding carboxylic acids is 1. The molecule has 5 nitrogen and oxygen atoms in total. The van der Waals surface area contributed by atoms with Gasteiger partial charge in [0.05, 0.1) is 4.88 Å². The van der Waals surface area contributed by atoms with Crippen molar-refractivity contribution in [3.8, 4) is 0 Å². The van der Waals surface area contributed by atoms with Crippen molar-refractivity contribution in [3.05, 3.63) is 38.9 Å². The number of hydrogen-bond donors (Lipinski definition) is 2. The van der Waals surface area contributed by atoms with E-state index in [1.165, 1.54) is 22.3 Å². The number of primary sulfonamides is 1. The number of nitrogens with two attached hydrogens (primary N) is 1. The molecule has 2 aromatic rings. The largest absolute Gasteiger partial charge is 0.351 e. The number of thiophene rings is 2. The SMILES string of the molecule is CCc1ccc(C(=O)NCCc2ccc(S(N)(=O)=O)s2)s1. The Bertz CT molecular complexity index is 731. The van der Waals surface area contributed by atoms with Crippen LogP contribution in [0.15, 0.2) is 28.5 Å². The molecule has 2 aromatic heterocycles. The summed E-state index contributed by atoms with van der Waals surface area (Å²) in [6, 6.07) is 6.99. The number of rotatable bonds is 6. The number of carbonyl (C=O) groups is 1. The first-order valence-electron chi connectivity index (χ1n) is 6.38. The summed E-state index contributed by atoms with van der Waals surface area (Å²) in [5.41, 5.74) is 0. The number of sulfonamides is 1. The van der Waals surface area contributed by atoms with Crippen LogP contribution in [0.3, 0.4) is 0 Å². The van der Waals surface area contributed by atoms with Gasteiger partial charge < -0.3 is 5.32 Å². The molecule has 0 bridgehead atoms. The third-order valence-corrected chi connectivity index (χ3v) is 6.62. The van der Waals surface area contributed by atoms with Gasteiger partial charge in [-0.3, -0.25) is 4.79 Å². The van der Waals surface area contributed by atoms with Gasteiger partial charge in [-0.05, 0) is 37.1 Å². The molecule has 0 fully saturated rings. The Labute approximate surface area is 131 Å². The summed E-state index contributed by atoms with van der Waals surface area (Å²) in [6.45, 7) is 2.51. The van der Waals surface area contributed by atoms with E-state index in [9.17, 15) is 13.2 Å². The molecular formula is C13H16N2O3S3. The molecule has 2 heterocycles. The molecule has 0 aliphatic carbocycles. The van der Waals surface area contributed by atoms with Crippen LogP contribution in [0.5, 0.6) is 0 Å². The van der Waals surface area contributed by atoms with E-state index in [1.807, 2.05) is 19.1 Å². The highest BCUT2D eigenvalue weighted by Gasteiger charge is 2.12.